The third kappa shape index (κ3) is 4.14. The van der Waals surface area contributed by atoms with Crippen LogP contribution in [-0.4, -0.2) is 49.7 Å². The highest BCUT2D eigenvalue weighted by Crippen LogP contribution is 2.46. The number of hydrogen-bond acceptors (Lipinski definition) is 8. The lowest BCUT2D eigenvalue weighted by molar-refractivity contribution is 0.588. The van der Waals surface area contributed by atoms with Crippen LogP contribution in [0.4, 0.5) is 11.9 Å². The summed E-state index contributed by atoms with van der Waals surface area (Å²) in [5.74, 6) is 1.93. The first kappa shape index (κ1) is 18.4. The molecule has 1 saturated heterocycles. The Kier molecular flexibility index (Phi) is 6.23. The monoisotopic (exact) mass is 372 g/mol. The van der Waals surface area contributed by atoms with Crippen LogP contribution in [0.5, 0.6) is 0 Å². The molecule has 0 amide bonds. The molecule has 2 unspecified atom stereocenters. The predicted octanol–water partition coefficient (Wildman–Crippen LogP) is 3.26. The molecule has 0 bridgehead atoms. The Hall–Kier alpha value is -0.910. The van der Waals surface area contributed by atoms with Crippen LogP contribution in [0.15, 0.2) is 0 Å². The fraction of sp³-hybridized carbons (Fsp3) is 0.714. The van der Waals surface area contributed by atoms with Crippen molar-refractivity contribution in [3.05, 3.63) is 5.28 Å². The summed E-state index contributed by atoms with van der Waals surface area (Å²) >= 11 is 9.64. The van der Waals surface area contributed by atoms with E-state index in [4.69, 9.17) is 11.6 Å². The van der Waals surface area contributed by atoms with Crippen molar-refractivity contribution in [1.29, 1.82) is 5.26 Å². The number of hydrogen-bond donors (Lipinski definition) is 1. The van der Waals surface area contributed by atoms with E-state index >= 15 is 0 Å². The number of halogens is 1. The molecule has 0 aliphatic carbocycles. The maximum absolute atomic E-state index is 9.69. The predicted molar refractivity (Wildman–Crippen MR) is 99.3 cm³/mol. The summed E-state index contributed by atoms with van der Waals surface area (Å²) in [5.41, 5.74) is 0. The van der Waals surface area contributed by atoms with Gasteiger partial charge >= 0.3 is 0 Å². The lowest BCUT2D eigenvalue weighted by Crippen LogP contribution is -2.42. The quantitative estimate of drug-likeness (QED) is 0.815. The van der Waals surface area contributed by atoms with Crippen LogP contribution in [0.25, 0.3) is 0 Å². The van der Waals surface area contributed by atoms with Gasteiger partial charge < -0.3 is 10.2 Å². The Morgan fingerprint density at radius 3 is 2.78 bits per heavy atom. The van der Waals surface area contributed by atoms with Crippen molar-refractivity contribution in [3.8, 4) is 6.07 Å². The van der Waals surface area contributed by atoms with E-state index in [1.54, 1.807) is 23.5 Å². The molecule has 23 heavy (non-hydrogen) atoms. The van der Waals surface area contributed by atoms with E-state index in [0.29, 0.717) is 18.4 Å². The van der Waals surface area contributed by atoms with Crippen molar-refractivity contribution in [2.75, 3.05) is 28.8 Å². The fourth-order valence-corrected chi connectivity index (χ4v) is 4.87. The van der Waals surface area contributed by atoms with Gasteiger partial charge in [-0.15, -0.1) is 11.8 Å². The number of nitriles is 1. The summed E-state index contributed by atoms with van der Waals surface area (Å²) < 4.78 is -0.199. The number of thioether (sulfide) groups is 2. The smallest absolute Gasteiger partial charge is 0.233 e. The standard InChI is InChI=1S/C14H21ClN6S2/c1-5-17-12-18-11(15)19-13(20-12)21-9(8-16)14(2,3)23-10(21)6-7-22-4/h9-10H,5-7H2,1-4H3,(H,17,18,19,20). The van der Waals surface area contributed by atoms with Gasteiger partial charge in [0.15, 0.2) is 0 Å². The van der Waals surface area contributed by atoms with Gasteiger partial charge in [-0.3, -0.25) is 0 Å². The Balaban J connectivity index is 2.41. The normalized spacial score (nSPS) is 22.9. The zero-order chi connectivity index (χ0) is 17.0. The topological polar surface area (TPSA) is 77.7 Å². The van der Waals surface area contributed by atoms with Crippen LogP contribution in [0, 0.1) is 11.3 Å². The summed E-state index contributed by atoms with van der Waals surface area (Å²) in [4.78, 5) is 14.8. The average molecular weight is 373 g/mol. The number of anilines is 2. The molecule has 6 nitrogen and oxygen atoms in total. The highest BCUT2D eigenvalue weighted by molar-refractivity contribution is 8.01. The summed E-state index contributed by atoms with van der Waals surface area (Å²) in [6, 6.07) is 2.10. The molecule has 1 aromatic rings. The number of aromatic nitrogens is 3. The first-order chi connectivity index (χ1) is 10.9. The van der Waals surface area contributed by atoms with Crippen LogP contribution in [0.3, 0.4) is 0 Å². The second-order valence-corrected chi connectivity index (χ2v) is 8.81. The van der Waals surface area contributed by atoms with Gasteiger partial charge in [0.1, 0.15) is 6.04 Å². The van der Waals surface area contributed by atoms with E-state index in [9.17, 15) is 5.26 Å². The summed E-state index contributed by atoms with van der Waals surface area (Å²) in [6.07, 6.45) is 3.03. The van der Waals surface area contributed by atoms with E-state index < -0.39 is 0 Å². The van der Waals surface area contributed by atoms with E-state index in [2.05, 4.69) is 46.4 Å². The van der Waals surface area contributed by atoms with Crippen LogP contribution < -0.4 is 10.2 Å². The van der Waals surface area contributed by atoms with E-state index in [1.807, 2.05) is 11.8 Å². The molecule has 9 heteroatoms. The molecular weight excluding hydrogens is 352 g/mol. The first-order valence-electron chi connectivity index (χ1n) is 7.43. The molecule has 1 aliphatic rings. The average Bonchev–Trinajstić information content (AvgIpc) is 2.74. The lowest BCUT2D eigenvalue weighted by atomic mass is 10.0. The number of nitrogens with zero attached hydrogens (tertiary/aromatic N) is 5. The fourth-order valence-electron chi connectivity index (χ4n) is 2.54. The molecule has 126 valence electrons. The minimum Gasteiger partial charge on any atom is -0.354 e. The van der Waals surface area contributed by atoms with Crippen molar-refractivity contribution in [3.63, 3.8) is 0 Å². The van der Waals surface area contributed by atoms with Crippen molar-refractivity contribution < 1.29 is 0 Å². The van der Waals surface area contributed by atoms with Crippen molar-refractivity contribution >= 4 is 47.0 Å². The Morgan fingerprint density at radius 2 is 2.17 bits per heavy atom. The van der Waals surface area contributed by atoms with Crippen LogP contribution >= 0.6 is 35.1 Å². The molecule has 2 rings (SSSR count). The maximum Gasteiger partial charge on any atom is 0.233 e. The molecular formula is C14H21ClN6S2. The molecule has 2 atom stereocenters. The highest BCUT2D eigenvalue weighted by atomic mass is 35.5. The largest absolute Gasteiger partial charge is 0.354 e. The second kappa shape index (κ2) is 7.77. The molecule has 0 spiro atoms. The Morgan fingerprint density at radius 1 is 1.43 bits per heavy atom. The second-order valence-electron chi connectivity index (χ2n) is 5.65. The van der Waals surface area contributed by atoms with Gasteiger partial charge in [0, 0.05) is 11.3 Å². The zero-order valence-corrected chi connectivity index (χ0v) is 16.1. The molecule has 0 aromatic carbocycles. The summed E-state index contributed by atoms with van der Waals surface area (Å²) in [7, 11) is 0. The minimum absolute atomic E-state index is 0.140. The first-order valence-corrected chi connectivity index (χ1v) is 10.1. The molecule has 1 N–H and O–H groups in total. The third-order valence-electron chi connectivity index (χ3n) is 3.54. The highest BCUT2D eigenvalue weighted by Gasteiger charge is 2.48. The molecule has 2 heterocycles. The van der Waals surface area contributed by atoms with Crippen LogP contribution in [0.1, 0.15) is 27.2 Å². The van der Waals surface area contributed by atoms with E-state index in [-0.39, 0.29) is 21.4 Å². The van der Waals surface area contributed by atoms with Crippen LogP contribution in [-0.2, 0) is 0 Å². The van der Waals surface area contributed by atoms with Gasteiger partial charge in [0.25, 0.3) is 0 Å². The van der Waals surface area contributed by atoms with Crippen molar-refractivity contribution in [2.45, 2.75) is 43.4 Å². The van der Waals surface area contributed by atoms with Gasteiger partial charge in [-0.05, 0) is 50.8 Å². The summed E-state index contributed by atoms with van der Waals surface area (Å²) in [6.45, 7) is 6.83. The number of rotatable bonds is 6. The molecule has 1 fully saturated rings. The zero-order valence-electron chi connectivity index (χ0n) is 13.7. The Labute approximate surface area is 150 Å². The van der Waals surface area contributed by atoms with Gasteiger partial charge in [-0.2, -0.15) is 32.0 Å². The molecule has 1 aromatic heterocycles. The minimum atomic E-state index is -0.313. The van der Waals surface area contributed by atoms with Gasteiger partial charge in [0.2, 0.25) is 17.2 Å². The van der Waals surface area contributed by atoms with Gasteiger partial charge in [-0.25, -0.2) is 0 Å². The molecule has 1 aliphatic heterocycles. The van der Waals surface area contributed by atoms with Crippen molar-refractivity contribution in [2.24, 2.45) is 0 Å². The third-order valence-corrected chi connectivity index (χ3v) is 5.92. The van der Waals surface area contributed by atoms with E-state index in [0.717, 1.165) is 12.2 Å². The van der Waals surface area contributed by atoms with Crippen molar-refractivity contribution in [1.82, 2.24) is 15.0 Å². The number of nitrogens with one attached hydrogen (secondary N) is 1. The lowest BCUT2D eigenvalue weighted by Gasteiger charge is -2.28. The summed E-state index contributed by atoms with van der Waals surface area (Å²) in [5, 5.41) is 13.0. The Bertz CT molecular complexity index is 591. The maximum atomic E-state index is 9.69. The van der Waals surface area contributed by atoms with E-state index in [1.165, 1.54) is 0 Å². The molecule has 0 radical (unpaired) electrons. The molecule has 0 saturated carbocycles. The SMILES string of the molecule is CCNc1nc(Cl)nc(N2C(CCSC)SC(C)(C)C2C#N)n1. The van der Waals surface area contributed by atoms with Gasteiger partial charge in [0.05, 0.1) is 11.4 Å². The van der Waals surface area contributed by atoms with Gasteiger partial charge in [-0.1, -0.05) is 0 Å². The van der Waals surface area contributed by atoms with Crippen LogP contribution in [0.2, 0.25) is 5.28 Å².